The monoisotopic (exact) mass is 337 g/mol. The first-order valence-corrected chi connectivity index (χ1v) is 7.62. The van der Waals surface area contributed by atoms with Gasteiger partial charge in [0.05, 0.1) is 23.3 Å². The lowest BCUT2D eigenvalue weighted by molar-refractivity contribution is 0.0955. The average Bonchev–Trinajstić information content (AvgIpc) is 2.91. The molecule has 0 saturated heterocycles. The number of halogens is 1. The van der Waals surface area contributed by atoms with Crippen LogP contribution in [0.2, 0.25) is 0 Å². The highest BCUT2D eigenvalue weighted by atomic mass is 19.1. The molecule has 6 nitrogen and oxygen atoms in total. The van der Waals surface area contributed by atoms with Crippen molar-refractivity contribution in [1.82, 2.24) is 20.2 Å². The maximum Gasteiger partial charge on any atom is 0.271 e. The minimum atomic E-state index is -0.320. The lowest BCUT2D eigenvalue weighted by atomic mass is 10.2. The number of aryl methyl sites for hydroxylation is 1. The molecule has 0 unspecified atom stereocenters. The van der Waals surface area contributed by atoms with Crippen LogP contribution in [0.1, 0.15) is 27.3 Å². The van der Waals surface area contributed by atoms with Crippen LogP contribution in [-0.4, -0.2) is 26.9 Å². The van der Waals surface area contributed by atoms with Crippen LogP contribution in [0.15, 0.2) is 53.9 Å². The Balaban J connectivity index is 1.79. The fraction of sp³-hybridized carbons (Fsp3) is 0.111. The van der Waals surface area contributed by atoms with Crippen LogP contribution in [0.4, 0.5) is 4.39 Å². The molecule has 0 spiro atoms. The standard InChI is InChI=1S/C18H16FN5O/c1-12-17(11-21-22-18(25)14-7-9-20-10-8-14)13(2)24(23-12)16-5-3-15(19)4-6-16/h3-11H,1-2H3,(H,22,25)/b21-11-. The molecule has 126 valence electrons. The molecule has 0 radical (unpaired) electrons. The van der Waals surface area contributed by atoms with Crippen molar-refractivity contribution in [2.24, 2.45) is 5.10 Å². The molecular weight excluding hydrogens is 321 g/mol. The molecule has 1 amide bonds. The summed E-state index contributed by atoms with van der Waals surface area (Å²) in [6.07, 6.45) is 4.64. The van der Waals surface area contributed by atoms with Gasteiger partial charge in [0.2, 0.25) is 0 Å². The Morgan fingerprint density at radius 2 is 1.84 bits per heavy atom. The van der Waals surface area contributed by atoms with Crippen LogP contribution >= 0.6 is 0 Å². The SMILES string of the molecule is Cc1nn(-c2ccc(F)cc2)c(C)c1/C=N\NC(=O)c1ccncc1. The summed E-state index contributed by atoms with van der Waals surface area (Å²) < 4.78 is 14.8. The van der Waals surface area contributed by atoms with E-state index in [0.29, 0.717) is 5.56 Å². The number of aromatic nitrogens is 3. The number of nitrogens with one attached hydrogen (secondary N) is 1. The van der Waals surface area contributed by atoms with Crippen molar-refractivity contribution in [3.05, 3.63) is 77.1 Å². The normalized spacial score (nSPS) is 11.0. The van der Waals surface area contributed by atoms with E-state index in [0.717, 1.165) is 22.6 Å². The Kier molecular flexibility index (Phi) is 4.65. The van der Waals surface area contributed by atoms with Crippen LogP contribution in [0.5, 0.6) is 0 Å². The fourth-order valence-electron chi connectivity index (χ4n) is 2.40. The molecule has 2 heterocycles. The summed E-state index contributed by atoms with van der Waals surface area (Å²) in [6, 6.07) is 9.28. The van der Waals surface area contributed by atoms with E-state index in [-0.39, 0.29) is 11.7 Å². The van der Waals surface area contributed by atoms with Crippen LogP contribution in [0, 0.1) is 19.7 Å². The molecule has 0 aliphatic carbocycles. The second-order valence-electron chi connectivity index (χ2n) is 5.41. The lowest BCUT2D eigenvalue weighted by Crippen LogP contribution is -2.17. The highest BCUT2D eigenvalue weighted by Crippen LogP contribution is 2.16. The quantitative estimate of drug-likeness (QED) is 0.588. The summed E-state index contributed by atoms with van der Waals surface area (Å²) in [7, 11) is 0. The van der Waals surface area contributed by atoms with Crippen molar-refractivity contribution in [1.29, 1.82) is 0 Å². The van der Waals surface area contributed by atoms with Gasteiger partial charge in [0.1, 0.15) is 5.82 Å². The molecule has 1 N–H and O–H groups in total. The van der Waals surface area contributed by atoms with Gasteiger partial charge in [-0.3, -0.25) is 9.78 Å². The molecule has 2 aromatic heterocycles. The van der Waals surface area contributed by atoms with Gasteiger partial charge in [-0.1, -0.05) is 0 Å². The molecular formula is C18H16FN5O. The minimum absolute atomic E-state index is 0.300. The van der Waals surface area contributed by atoms with Crippen molar-refractivity contribution < 1.29 is 9.18 Å². The molecule has 0 atom stereocenters. The minimum Gasteiger partial charge on any atom is -0.267 e. The first-order valence-electron chi connectivity index (χ1n) is 7.62. The molecule has 3 rings (SSSR count). The Hall–Kier alpha value is -3.35. The van der Waals surface area contributed by atoms with Crippen LogP contribution in [0.25, 0.3) is 5.69 Å². The van der Waals surface area contributed by atoms with Gasteiger partial charge in [-0.25, -0.2) is 14.5 Å². The first kappa shape index (κ1) is 16.5. The lowest BCUT2D eigenvalue weighted by Gasteiger charge is -2.04. The maximum atomic E-state index is 13.1. The largest absolute Gasteiger partial charge is 0.271 e. The number of hydrogen-bond acceptors (Lipinski definition) is 4. The van der Waals surface area contributed by atoms with Crippen LogP contribution < -0.4 is 5.43 Å². The summed E-state index contributed by atoms with van der Waals surface area (Å²) >= 11 is 0. The molecule has 3 aromatic rings. The smallest absolute Gasteiger partial charge is 0.267 e. The highest BCUT2D eigenvalue weighted by molar-refractivity contribution is 5.94. The third-order valence-electron chi connectivity index (χ3n) is 3.72. The van der Waals surface area contributed by atoms with E-state index in [2.05, 4.69) is 20.6 Å². The number of rotatable bonds is 4. The molecule has 0 bridgehead atoms. The Morgan fingerprint density at radius 1 is 1.16 bits per heavy atom. The van der Waals surface area contributed by atoms with E-state index >= 15 is 0 Å². The number of benzene rings is 1. The summed E-state index contributed by atoms with van der Waals surface area (Å²) in [4.78, 5) is 15.8. The van der Waals surface area contributed by atoms with Gasteiger partial charge in [0, 0.05) is 23.5 Å². The van der Waals surface area contributed by atoms with E-state index in [1.807, 2.05) is 13.8 Å². The van der Waals surface area contributed by atoms with E-state index in [9.17, 15) is 9.18 Å². The molecule has 0 fully saturated rings. The Morgan fingerprint density at radius 3 is 2.52 bits per heavy atom. The van der Waals surface area contributed by atoms with Gasteiger partial charge in [0.15, 0.2) is 0 Å². The van der Waals surface area contributed by atoms with Gasteiger partial charge < -0.3 is 0 Å². The van der Waals surface area contributed by atoms with Gasteiger partial charge in [0.25, 0.3) is 5.91 Å². The number of nitrogens with zero attached hydrogens (tertiary/aromatic N) is 4. The topological polar surface area (TPSA) is 72.2 Å². The maximum absolute atomic E-state index is 13.1. The van der Waals surface area contributed by atoms with Crippen molar-refractivity contribution in [2.75, 3.05) is 0 Å². The zero-order valence-corrected chi connectivity index (χ0v) is 13.8. The molecule has 1 aromatic carbocycles. The number of pyridine rings is 1. The number of carbonyl (C=O) groups is 1. The first-order chi connectivity index (χ1) is 12.1. The second kappa shape index (κ2) is 7.04. The van der Waals surface area contributed by atoms with Gasteiger partial charge in [-0.2, -0.15) is 10.2 Å². The summed E-state index contributed by atoms with van der Waals surface area (Å²) in [5, 5.41) is 8.45. The van der Waals surface area contributed by atoms with E-state index in [1.165, 1.54) is 12.1 Å². The zero-order valence-electron chi connectivity index (χ0n) is 13.8. The second-order valence-corrected chi connectivity index (χ2v) is 5.41. The van der Waals surface area contributed by atoms with Crippen molar-refractivity contribution >= 4 is 12.1 Å². The molecule has 25 heavy (non-hydrogen) atoms. The summed E-state index contributed by atoms with van der Waals surface area (Å²) in [5.41, 5.74) is 6.08. The molecule has 0 aliphatic rings. The van der Waals surface area contributed by atoms with Crippen molar-refractivity contribution in [3.63, 3.8) is 0 Å². The van der Waals surface area contributed by atoms with E-state index < -0.39 is 0 Å². The predicted molar refractivity (Wildman–Crippen MR) is 92.3 cm³/mol. The average molecular weight is 337 g/mol. The third-order valence-corrected chi connectivity index (χ3v) is 3.72. The van der Waals surface area contributed by atoms with E-state index in [4.69, 9.17) is 0 Å². The van der Waals surface area contributed by atoms with Gasteiger partial charge >= 0.3 is 0 Å². The third kappa shape index (κ3) is 3.60. The number of hydrogen-bond donors (Lipinski definition) is 1. The molecule has 0 aliphatic heterocycles. The zero-order chi connectivity index (χ0) is 17.8. The molecule has 7 heteroatoms. The summed E-state index contributed by atoms with van der Waals surface area (Å²) in [6.45, 7) is 3.73. The number of amides is 1. The highest BCUT2D eigenvalue weighted by Gasteiger charge is 2.11. The van der Waals surface area contributed by atoms with Gasteiger partial charge in [-0.05, 0) is 50.2 Å². The Labute approximate surface area is 144 Å². The molecule has 0 saturated carbocycles. The number of hydrazone groups is 1. The van der Waals surface area contributed by atoms with Gasteiger partial charge in [-0.15, -0.1) is 0 Å². The van der Waals surface area contributed by atoms with Crippen molar-refractivity contribution in [3.8, 4) is 5.69 Å². The summed E-state index contributed by atoms with van der Waals surface area (Å²) in [5.74, 6) is -0.620. The Bertz CT molecular complexity index is 917. The predicted octanol–water partition coefficient (Wildman–Crippen LogP) is 2.79. The van der Waals surface area contributed by atoms with Crippen LogP contribution in [0.3, 0.4) is 0 Å². The van der Waals surface area contributed by atoms with Crippen LogP contribution in [-0.2, 0) is 0 Å². The fourth-order valence-corrected chi connectivity index (χ4v) is 2.40. The number of carbonyl (C=O) groups excluding carboxylic acids is 1. The van der Waals surface area contributed by atoms with Crippen molar-refractivity contribution in [2.45, 2.75) is 13.8 Å². The van der Waals surface area contributed by atoms with E-state index in [1.54, 1.807) is 47.6 Å².